The Labute approximate surface area is 116 Å². The molecule has 19 heavy (non-hydrogen) atoms. The molecule has 0 heterocycles. The van der Waals surface area contributed by atoms with Crippen LogP contribution >= 0.6 is 0 Å². The number of nitrogens with zero attached hydrogens (tertiary/aromatic N) is 1. The van der Waals surface area contributed by atoms with Gasteiger partial charge in [0.15, 0.2) is 0 Å². The Morgan fingerprint density at radius 3 is 2.37 bits per heavy atom. The first-order valence-corrected chi connectivity index (χ1v) is 7.62. The van der Waals surface area contributed by atoms with Gasteiger partial charge in [-0.05, 0) is 37.2 Å². The van der Waals surface area contributed by atoms with Crippen molar-refractivity contribution in [3.05, 3.63) is 35.9 Å². The third-order valence-electron chi connectivity index (χ3n) is 4.62. The molecule has 2 aliphatic carbocycles. The van der Waals surface area contributed by atoms with Gasteiger partial charge in [0, 0.05) is 24.5 Å². The lowest BCUT2D eigenvalue weighted by Crippen LogP contribution is -2.43. The Balaban J connectivity index is 1.72. The lowest BCUT2D eigenvalue weighted by atomic mass is 9.82. The van der Waals surface area contributed by atoms with Crippen molar-refractivity contribution < 1.29 is 5.11 Å². The monoisotopic (exact) mass is 259 g/mol. The van der Waals surface area contributed by atoms with E-state index in [-0.39, 0.29) is 12.0 Å². The molecule has 1 atom stereocenters. The van der Waals surface area contributed by atoms with Gasteiger partial charge in [0.2, 0.25) is 0 Å². The molecule has 3 rings (SSSR count). The van der Waals surface area contributed by atoms with Gasteiger partial charge in [0.1, 0.15) is 0 Å². The minimum Gasteiger partial charge on any atom is -0.395 e. The highest BCUT2D eigenvalue weighted by molar-refractivity contribution is 5.25. The molecule has 1 unspecified atom stereocenters. The van der Waals surface area contributed by atoms with E-state index in [4.69, 9.17) is 0 Å². The van der Waals surface area contributed by atoms with Crippen molar-refractivity contribution in [1.82, 2.24) is 4.90 Å². The number of aliphatic hydroxyl groups excluding tert-OH is 1. The van der Waals surface area contributed by atoms with E-state index in [9.17, 15) is 5.11 Å². The van der Waals surface area contributed by atoms with Gasteiger partial charge in [-0.3, -0.25) is 4.90 Å². The molecule has 0 saturated heterocycles. The molecule has 2 aliphatic rings. The highest BCUT2D eigenvalue weighted by Gasteiger charge is 2.38. The predicted molar refractivity (Wildman–Crippen MR) is 78.2 cm³/mol. The van der Waals surface area contributed by atoms with Crippen molar-refractivity contribution >= 4 is 0 Å². The van der Waals surface area contributed by atoms with E-state index in [2.05, 4.69) is 36.1 Å². The summed E-state index contributed by atoms with van der Waals surface area (Å²) in [5.74, 6) is 0.930. The van der Waals surface area contributed by atoms with Crippen LogP contribution in [0.25, 0.3) is 0 Å². The summed E-state index contributed by atoms with van der Waals surface area (Å²) < 4.78 is 0. The maximum Gasteiger partial charge on any atom is 0.0537 e. The van der Waals surface area contributed by atoms with E-state index in [1.807, 2.05) is 6.07 Å². The highest BCUT2D eigenvalue weighted by Crippen LogP contribution is 2.37. The molecule has 0 amide bonds. The summed E-state index contributed by atoms with van der Waals surface area (Å²) >= 11 is 0. The third-order valence-corrected chi connectivity index (χ3v) is 4.62. The Morgan fingerprint density at radius 2 is 1.84 bits per heavy atom. The molecule has 2 fully saturated rings. The molecule has 0 aromatic heterocycles. The second-order valence-corrected chi connectivity index (χ2v) is 6.69. The first-order valence-electron chi connectivity index (χ1n) is 7.62. The van der Waals surface area contributed by atoms with E-state index >= 15 is 0 Å². The zero-order chi connectivity index (χ0) is 13.3. The van der Waals surface area contributed by atoms with Gasteiger partial charge in [0.25, 0.3) is 0 Å². The van der Waals surface area contributed by atoms with Crippen molar-refractivity contribution in [2.24, 2.45) is 5.92 Å². The van der Waals surface area contributed by atoms with Gasteiger partial charge in [-0.15, -0.1) is 0 Å². The summed E-state index contributed by atoms with van der Waals surface area (Å²) in [4.78, 5) is 2.64. The largest absolute Gasteiger partial charge is 0.395 e. The minimum atomic E-state index is -0.126. The van der Waals surface area contributed by atoms with E-state index in [0.29, 0.717) is 0 Å². The quantitative estimate of drug-likeness (QED) is 0.814. The van der Waals surface area contributed by atoms with Gasteiger partial charge in [-0.2, -0.15) is 0 Å². The number of rotatable bonds is 7. The molecule has 0 spiro atoms. The summed E-state index contributed by atoms with van der Waals surface area (Å²) in [6.45, 7) is 4.66. The van der Waals surface area contributed by atoms with E-state index in [1.54, 1.807) is 0 Å². The van der Waals surface area contributed by atoms with Crippen LogP contribution in [0.5, 0.6) is 0 Å². The van der Waals surface area contributed by atoms with Crippen LogP contribution in [0.2, 0.25) is 0 Å². The molecule has 0 radical (unpaired) electrons. The number of benzene rings is 1. The third kappa shape index (κ3) is 3.18. The second-order valence-electron chi connectivity index (χ2n) is 6.69. The fraction of sp³-hybridized carbons (Fsp3) is 0.647. The zero-order valence-corrected chi connectivity index (χ0v) is 11.9. The Morgan fingerprint density at radius 1 is 1.16 bits per heavy atom. The molecule has 1 N–H and O–H groups in total. The van der Waals surface area contributed by atoms with Crippen LogP contribution in [-0.2, 0) is 5.41 Å². The van der Waals surface area contributed by atoms with Gasteiger partial charge in [0.05, 0.1) is 6.61 Å². The van der Waals surface area contributed by atoms with Gasteiger partial charge in [-0.25, -0.2) is 0 Å². The summed E-state index contributed by atoms with van der Waals surface area (Å²) in [7, 11) is 0. The molecule has 0 aliphatic heterocycles. The van der Waals surface area contributed by atoms with Gasteiger partial charge < -0.3 is 5.11 Å². The van der Waals surface area contributed by atoms with Crippen molar-refractivity contribution in [2.75, 3.05) is 19.7 Å². The fourth-order valence-electron chi connectivity index (χ4n) is 2.94. The van der Waals surface area contributed by atoms with Crippen LogP contribution in [0, 0.1) is 5.92 Å². The molecule has 2 heteroatoms. The Hall–Kier alpha value is -0.860. The van der Waals surface area contributed by atoms with Crippen molar-refractivity contribution in [2.45, 2.75) is 44.1 Å². The lowest BCUT2D eigenvalue weighted by Gasteiger charge is -2.35. The standard InChI is InChI=1S/C17H25NO/c1-17(13-19,15-5-3-2-4-6-15)12-18(16-9-10-16)11-14-7-8-14/h2-6,14,16,19H,7-13H2,1H3. The molecule has 2 saturated carbocycles. The highest BCUT2D eigenvalue weighted by atomic mass is 16.3. The molecular weight excluding hydrogens is 234 g/mol. The number of hydrogen-bond donors (Lipinski definition) is 1. The van der Waals surface area contributed by atoms with Crippen molar-refractivity contribution in [3.8, 4) is 0 Å². The topological polar surface area (TPSA) is 23.5 Å². The molecule has 1 aromatic carbocycles. The van der Waals surface area contributed by atoms with Crippen LogP contribution in [0.15, 0.2) is 30.3 Å². The molecule has 104 valence electrons. The molecule has 1 aromatic rings. The summed E-state index contributed by atoms with van der Waals surface area (Å²) in [5.41, 5.74) is 1.14. The average molecular weight is 259 g/mol. The fourth-order valence-corrected chi connectivity index (χ4v) is 2.94. The molecule has 0 bridgehead atoms. The molecular formula is C17H25NO. The predicted octanol–water partition coefficient (Wildman–Crippen LogP) is 2.81. The Bertz CT molecular complexity index is 411. The van der Waals surface area contributed by atoms with Crippen LogP contribution in [0.1, 0.15) is 38.2 Å². The number of hydrogen-bond acceptors (Lipinski definition) is 2. The van der Waals surface area contributed by atoms with Crippen LogP contribution in [-0.4, -0.2) is 35.7 Å². The number of aliphatic hydroxyl groups is 1. The van der Waals surface area contributed by atoms with Crippen molar-refractivity contribution in [3.63, 3.8) is 0 Å². The summed E-state index contributed by atoms with van der Waals surface area (Å²) in [6, 6.07) is 11.3. The SMILES string of the molecule is CC(CO)(CN(CC1CC1)C1CC1)c1ccccc1. The van der Waals surface area contributed by atoms with Gasteiger partial charge in [-0.1, -0.05) is 37.3 Å². The zero-order valence-electron chi connectivity index (χ0n) is 11.9. The maximum atomic E-state index is 9.91. The minimum absolute atomic E-state index is 0.126. The molecule has 2 nitrogen and oxygen atoms in total. The average Bonchev–Trinajstić information content (AvgIpc) is 3.30. The van der Waals surface area contributed by atoms with Crippen LogP contribution in [0.3, 0.4) is 0 Å². The van der Waals surface area contributed by atoms with Crippen LogP contribution in [0.4, 0.5) is 0 Å². The Kier molecular flexibility index (Phi) is 3.64. The van der Waals surface area contributed by atoms with E-state index < -0.39 is 0 Å². The van der Waals surface area contributed by atoms with E-state index in [0.717, 1.165) is 18.5 Å². The van der Waals surface area contributed by atoms with Crippen molar-refractivity contribution in [1.29, 1.82) is 0 Å². The summed E-state index contributed by atoms with van der Waals surface area (Å²) in [6.07, 6.45) is 5.51. The first-order chi connectivity index (χ1) is 9.21. The van der Waals surface area contributed by atoms with E-state index in [1.165, 1.54) is 37.8 Å². The van der Waals surface area contributed by atoms with Crippen LogP contribution < -0.4 is 0 Å². The lowest BCUT2D eigenvalue weighted by molar-refractivity contribution is 0.135. The normalized spacial score (nSPS) is 22.5. The van der Waals surface area contributed by atoms with Gasteiger partial charge >= 0.3 is 0 Å². The maximum absolute atomic E-state index is 9.91. The second kappa shape index (κ2) is 5.26. The summed E-state index contributed by atoms with van der Waals surface area (Å²) in [5, 5.41) is 9.91. The first kappa shape index (κ1) is 13.1. The smallest absolute Gasteiger partial charge is 0.0537 e.